The van der Waals surface area contributed by atoms with Gasteiger partial charge in [0.15, 0.2) is 5.65 Å². The number of hydrogen-bond acceptors (Lipinski definition) is 4. The van der Waals surface area contributed by atoms with Crippen molar-refractivity contribution in [2.24, 2.45) is 5.73 Å². The standard InChI is InChI=1S/C17H19N5O/c1-10-8-11(4-5-13(10)17(2,3)18)16(23)21-14-6-7-19-15-12(14)9-20-22-15/h4-9H,18H2,1-3H3,(H2,19,20,21,22,23). The van der Waals surface area contributed by atoms with E-state index < -0.39 is 5.54 Å². The molecule has 0 spiro atoms. The van der Waals surface area contributed by atoms with E-state index in [1.807, 2.05) is 32.9 Å². The Balaban J connectivity index is 1.89. The Morgan fingerprint density at radius 3 is 2.78 bits per heavy atom. The highest BCUT2D eigenvalue weighted by Gasteiger charge is 2.18. The van der Waals surface area contributed by atoms with Crippen LogP contribution in [0.15, 0.2) is 36.7 Å². The van der Waals surface area contributed by atoms with E-state index in [1.54, 1.807) is 24.5 Å². The van der Waals surface area contributed by atoms with E-state index in [9.17, 15) is 4.79 Å². The molecule has 3 rings (SSSR count). The maximum Gasteiger partial charge on any atom is 0.255 e. The first-order valence-electron chi connectivity index (χ1n) is 7.36. The third-order valence-corrected chi connectivity index (χ3v) is 3.79. The van der Waals surface area contributed by atoms with Gasteiger partial charge in [0.1, 0.15) is 0 Å². The molecule has 0 bridgehead atoms. The van der Waals surface area contributed by atoms with Gasteiger partial charge in [-0.2, -0.15) is 5.10 Å². The normalized spacial score (nSPS) is 11.7. The number of nitrogens with one attached hydrogen (secondary N) is 2. The van der Waals surface area contributed by atoms with Crippen molar-refractivity contribution in [3.05, 3.63) is 53.3 Å². The highest BCUT2D eigenvalue weighted by Crippen LogP contribution is 2.23. The number of aryl methyl sites for hydroxylation is 1. The molecule has 0 radical (unpaired) electrons. The molecule has 0 fully saturated rings. The molecule has 118 valence electrons. The first-order chi connectivity index (χ1) is 10.9. The smallest absolute Gasteiger partial charge is 0.255 e. The molecule has 0 aliphatic heterocycles. The summed E-state index contributed by atoms with van der Waals surface area (Å²) >= 11 is 0. The zero-order valence-corrected chi connectivity index (χ0v) is 13.3. The molecule has 0 aliphatic rings. The monoisotopic (exact) mass is 309 g/mol. The zero-order chi connectivity index (χ0) is 16.6. The maximum absolute atomic E-state index is 12.5. The van der Waals surface area contributed by atoms with Crippen LogP contribution >= 0.6 is 0 Å². The highest BCUT2D eigenvalue weighted by molar-refractivity contribution is 6.08. The number of amides is 1. The number of carbonyl (C=O) groups is 1. The van der Waals surface area contributed by atoms with Gasteiger partial charge in [-0.1, -0.05) is 6.07 Å². The number of rotatable bonds is 3. The quantitative estimate of drug-likeness (QED) is 0.693. The number of benzene rings is 1. The van der Waals surface area contributed by atoms with Crippen molar-refractivity contribution in [1.82, 2.24) is 15.2 Å². The van der Waals surface area contributed by atoms with Crippen LogP contribution in [0.2, 0.25) is 0 Å². The molecule has 4 N–H and O–H groups in total. The van der Waals surface area contributed by atoms with Gasteiger partial charge in [-0.3, -0.25) is 9.89 Å². The number of nitrogens with two attached hydrogens (primary N) is 1. The first kappa shape index (κ1) is 15.2. The van der Waals surface area contributed by atoms with Crippen molar-refractivity contribution in [3.63, 3.8) is 0 Å². The largest absolute Gasteiger partial charge is 0.322 e. The van der Waals surface area contributed by atoms with Gasteiger partial charge in [0.05, 0.1) is 17.3 Å². The number of pyridine rings is 1. The minimum Gasteiger partial charge on any atom is -0.322 e. The van der Waals surface area contributed by atoms with Gasteiger partial charge < -0.3 is 11.1 Å². The van der Waals surface area contributed by atoms with Gasteiger partial charge in [0.2, 0.25) is 0 Å². The van der Waals surface area contributed by atoms with Crippen molar-refractivity contribution >= 4 is 22.6 Å². The van der Waals surface area contributed by atoms with Gasteiger partial charge >= 0.3 is 0 Å². The van der Waals surface area contributed by atoms with Crippen LogP contribution in [0.1, 0.15) is 35.3 Å². The molecule has 0 atom stereocenters. The molecule has 3 aromatic rings. The molecule has 0 saturated heterocycles. The predicted molar refractivity (Wildman–Crippen MR) is 90.2 cm³/mol. The Morgan fingerprint density at radius 1 is 1.30 bits per heavy atom. The lowest BCUT2D eigenvalue weighted by molar-refractivity contribution is 0.102. The molecule has 0 aliphatic carbocycles. The van der Waals surface area contributed by atoms with E-state index in [-0.39, 0.29) is 5.91 Å². The molecular formula is C17H19N5O. The zero-order valence-electron chi connectivity index (χ0n) is 13.3. The number of anilines is 1. The summed E-state index contributed by atoms with van der Waals surface area (Å²) in [7, 11) is 0. The molecule has 0 unspecified atom stereocenters. The fourth-order valence-corrected chi connectivity index (χ4v) is 2.68. The summed E-state index contributed by atoms with van der Waals surface area (Å²) in [6.45, 7) is 5.85. The van der Waals surface area contributed by atoms with Crippen molar-refractivity contribution in [2.75, 3.05) is 5.32 Å². The van der Waals surface area contributed by atoms with Crippen LogP contribution < -0.4 is 11.1 Å². The Bertz CT molecular complexity index is 876. The number of hydrogen-bond donors (Lipinski definition) is 3. The molecule has 2 aromatic heterocycles. The van der Waals surface area contributed by atoms with Gasteiger partial charge in [-0.25, -0.2) is 4.98 Å². The fourth-order valence-electron chi connectivity index (χ4n) is 2.68. The second kappa shape index (κ2) is 5.48. The van der Waals surface area contributed by atoms with Crippen LogP contribution in [0.4, 0.5) is 5.69 Å². The van der Waals surface area contributed by atoms with Gasteiger partial charge in [0, 0.05) is 17.3 Å². The summed E-state index contributed by atoms with van der Waals surface area (Å²) in [5, 5.41) is 10.4. The van der Waals surface area contributed by atoms with Crippen molar-refractivity contribution in [2.45, 2.75) is 26.3 Å². The average Bonchev–Trinajstić information content (AvgIpc) is 2.95. The Labute approximate surface area is 134 Å². The van der Waals surface area contributed by atoms with E-state index in [0.29, 0.717) is 16.9 Å². The van der Waals surface area contributed by atoms with E-state index in [1.165, 1.54) is 0 Å². The van der Waals surface area contributed by atoms with E-state index >= 15 is 0 Å². The molecule has 1 aromatic carbocycles. The molecule has 1 amide bonds. The van der Waals surface area contributed by atoms with Crippen LogP contribution in [0.3, 0.4) is 0 Å². The number of aromatic nitrogens is 3. The van der Waals surface area contributed by atoms with E-state index in [4.69, 9.17) is 5.73 Å². The van der Waals surface area contributed by atoms with Crippen molar-refractivity contribution < 1.29 is 4.79 Å². The lowest BCUT2D eigenvalue weighted by Gasteiger charge is -2.22. The Hall–Kier alpha value is -2.73. The van der Waals surface area contributed by atoms with Gasteiger partial charge in [0.25, 0.3) is 5.91 Å². The third kappa shape index (κ3) is 2.93. The van der Waals surface area contributed by atoms with Crippen molar-refractivity contribution in [3.8, 4) is 0 Å². The highest BCUT2D eigenvalue weighted by atomic mass is 16.1. The number of aromatic amines is 1. The number of fused-ring (bicyclic) bond motifs is 1. The molecule has 6 heteroatoms. The van der Waals surface area contributed by atoms with Crippen LogP contribution in [0.5, 0.6) is 0 Å². The van der Waals surface area contributed by atoms with E-state index in [2.05, 4.69) is 20.5 Å². The number of carbonyl (C=O) groups excluding carboxylic acids is 1. The summed E-state index contributed by atoms with van der Waals surface area (Å²) in [5.74, 6) is -0.178. The van der Waals surface area contributed by atoms with Crippen LogP contribution in [-0.2, 0) is 5.54 Å². The second-order valence-electron chi connectivity index (χ2n) is 6.20. The SMILES string of the molecule is Cc1cc(C(=O)Nc2ccnc3[nH]ncc23)ccc1C(C)(C)N. The summed E-state index contributed by atoms with van der Waals surface area (Å²) in [6.07, 6.45) is 3.27. The topological polar surface area (TPSA) is 96.7 Å². The van der Waals surface area contributed by atoms with Gasteiger partial charge in [-0.05, 0) is 50.1 Å². The number of H-pyrrole nitrogens is 1. The lowest BCUT2D eigenvalue weighted by Crippen LogP contribution is -2.29. The minimum absolute atomic E-state index is 0.178. The maximum atomic E-state index is 12.5. The predicted octanol–water partition coefficient (Wildman–Crippen LogP) is 2.71. The molecule has 23 heavy (non-hydrogen) atoms. The molecular weight excluding hydrogens is 290 g/mol. The van der Waals surface area contributed by atoms with Crippen LogP contribution in [0, 0.1) is 6.92 Å². The fraction of sp³-hybridized carbons (Fsp3) is 0.235. The van der Waals surface area contributed by atoms with Crippen molar-refractivity contribution in [1.29, 1.82) is 0 Å². The average molecular weight is 309 g/mol. The summed E-state index contributed by atoms with van der Waals surface area (Å²) in [6, 6.07) is 7.30. The molecule has 0 saturated carbocycles. The van der Waals surface area contributed by atoms with E-state index in [0.717, 1.165) is 16.5 Å². The van der Waals surface area contributed by atoms with Crippen LogP contribution in [-0.4, -0.2) is 21.1 Å². The number of nitrogens with zero attached hydrogens (tertiary/aromatic N) is 2. The molecule has 2 heterocycles. The minimum atomic E-state index is -0.437. The Morgan fingerprint density at radius 2 is 2.09 bits per heavy atom. The summed E-state index contributed by atoms with van der Waals surface area (Å²) in [4.78, 5) is 16.7. The summed E-state index contributed by atoms with van der Waals surface area (Å²) in [5.41, 5.74) is 9.62. The first-order valence-corrected chi connectivity index (χ1v) is 7.36. The van der Waals surface area contributed by atoms with Gasteiger partial charge in [-0.15, -0.1) is 0 Å². The Kier molecular flexibility index (Phi) is 3.61. The third-order valence-electron chi connectivity index (χ3n) is 3.79. The second-order valence-corrected chi connectivity index (χ2v) is 6.20. The lowest BCUT2D eigenvalue weighted by atomic mass is 9.90. The van der Waals surface area contributed by atoms with Crippen LogP contribution in [0.25, 0.3) is 11.0 Å². The molecule has 6 nitrogen and oxygen atoms in total. The summed E-state index contributed by atoms with van der Waals surface area (Å²) < 4.78 is 0.